The van der Waals surface area contributed by atoms with E-state index in [0.29, 0.717) is 23.2 Å². The van der Waals surface area contributed by atoms with Crippen molar-refractivity contribution in [2.24, 2.45) is 0 Å². The third-order valence-electron chi connectivity index (χ3n) is 3.39. The van der Waals surface area contributed by atoms with Crippen LogP contribution in [0.25, 0.3) is 20.3 Å². The molecule has 0 atom stereocenters. The summed E-state index contributed by atoms with van der Waals surface area (Å²) in [4.78, 5) is 20.3. The van der Waals surface area contributed by atoms with Crippen LogP contribution in [0.2, 0.25) is 0 Å². The lowest BCUT2D eigenvalue weighted by Gasteiger charge is -2.04. The molecular formula is C16H16FN3OS2. The third kappa shape index (κ3) is 3.45. The van der Waals surface area contributed by atoms with Gasteiger partial charge in [-0.2, -0.15) is 0 Å². The fourth-order valence-electron chi connectivity index (χ4n) is 2.25. The lowest BCUT2D eigenvalue weighted by Crippen LogP contribution is -2.26. The molecule has 2 heterocycles. The van der Waals surface area contributed by atoms with Crippen LogP contribution in [-0.2, 0) is 4.79 Å². The Morgan fingerprint density at radius 2 is 2.26 bits per heavy atom. The van der Waals surface area contributed by atoms with E-state index in [2.05, 4.69) is 22.2 Å². The number of fused-ring (bicyclic) bond motifs is 3. The summed E-state index contributed by atoms with van der Waals surface area (Å²) < 4.78 is 15.7. The van der Waals surface area contributed by atoms with Gasteiger partial charge in [-0.1, -0.05) is 31.2 Å². The maximum Gasteiger partial charge on any atom is 0.230 e. The quantitative estimate of drug-likeness (QED) is 0.415. The zero-order valence-electron chi connectivity index (χ0n) is 12.6. The van der Waals surface area contributed by atoms with Crippen molar-refractivity contribution in [1.82, 2.24) is 15.3 Å². The smallest absolute Gasteiger partial charge is 0.230 e. The van der Waals surface area contributed by atoms with Crippen LogP contribution in [0.3, 0.4) is 0 Å². The van der Waals surface area contributed by atoms with Crippen LogP contribution in [-0.4, -0.2) is 28.2 Å². The maximum absolute atomic E-state index is 14.0. The van der Waals surface area contributed by atoms with E-state index in [1.165, 1.54) is 35.5 Å². The summed E-state index contributed by atoms with van der Waals surface area (Å²) in [5.41, 5.74) is 0.618. The van der Waals surface area contributed by atoms with Crippen LogP contribution >= 0.6 is 23.1 Å². The summed E-state index contributed by atoms with van der Waals surface area (Å²) in [5.74, 6) is 0.00948. The maximum atomic E-state index is 14.0. The highest BCUT2D eigenvalue weighted by Gasteiger charge is 2.15. The topological polar surface area (TPSA) is 54.9 Å². The Bertz CT molecular complexity index is 850. The molecule has 0 saturated carbocycles. The Hall–Kier alpha value is -1.73. The molecule has 0 fully saturated rings. The lowest BCUT2D eigenvalue weighted by molar-refractivity contribution is -0.118. The standard InChI is InChI=1S/C16H16FN3OS2/c1-2-3-7-18-12(21)8-22-16-15-14(19-9-20-16)13-10(17)5-4-6-11(13)23-15/h4-6,9H,2-3,7-8H2,1H3,(H,18,21). The van der Waals surface area contributed by atoms with Gasteiger partial charge in [-0.15, -0.1) is 11.3 Å². The molecule has 0 radical (unpaired) electrons. The van der Waals surface area contributed by atoms with E-state index in [1.54, 1.807) is 6.07 Å². The third-order valence-corrected chi connectivity index (χ3v) is 5.66. The zero-order valence-corrected chi connectivity index (χ0v) is 14.3. The van der Waals surface area contributed by atoms with Crippen LogP contribution < -0.4 is 5.32 Å². The highest BCUT2D eigenvalue weighted by Crippen LogP contribution is 2.38. The molecule has 2 aromatic heterocycles. The number of thiophene rings is 1. The molecule has 0 spiro atoms. The van der Waals surface area contributed by atoms with Crippen LogP contribution in [0.15, 0.2) is 29.6 Å². The number of nitrogens with zero attached hydrogens (tertiary/aromatic N) is 2. The molecule has 0 saturated heterocycles. The van der Waals surface area contributed by atoms with Crippen molar-refractivity contribution in [3.8, 4) is 0 Å². The summed E-state index contributed by atoms with van der Waals surface area (Å²) in [7, 11) is 0. The zero-order chi connectivity index (χ0) is 16.2. The normalized spacial score (nSPS) is 11.2. The first kappa shape index (κ1) is 16.1. The number of carbonyl (C=O) groups is 1. The minimum atomic E-state index is -0.277. The van der Waals surface area contributed by atoms with Gasteiger partial charge >= 0.3 is 0 Å². The van der Waals surface area contributed by atoms with Gasteiger partial charge in [0.25, 0.3) is 0 Å². The summed E-state index contributed by atoms with van der Waals surface area (Å²) in [5, 5.41) is 4.13. The number of amides is 1. The van der Waals surface area contributed by atoms with E-state index in [-0.39, 0.29) is 11.7 Å². The van der Waals surface area contributed by atoms with Gasteiger partial charge < -0.3 is 5.32 Å². The van der Waals surface area contributed by atoms with Crippen molar-refractivity contribution in [2.75, 3.05) is 12.3 Å². The average Bonchev–Trinajstić information content (AvgIpc) is 2.93. The highest BCUT2D eigenvalue weighted by molar-refractivity contribution is 8.00. The molecule has 0 aliphatic heterocycles. The molecule has 0 unspecified atom stereocenters. The van der Waals surface area contributed by atoms with Crippen molar-refractivity contribution in [1.29, 1.82) is 0 Å². The molecule has 4 nitrogen and oxygen atoms in total. The monoisotopic (exact) mass is 349 g/mol. The first-order chi connectivity index (χ1) is 11.2. The van der Waals surface area contributed by atoms with E-state index >= 15 is 0 Å². The first-order valence-corrected chi connectivity index (χ1v) is 9.22. The van der Waals surface area contributed by atoms with Gasteiger partial charge in [0.05, 0.1) is 21.4 Å². The molecule has 0 aliphatic rings. The Kier molecular flexibility index (Phi) is 5.07. The predicted molar refractivity (Wildman–Crippen MR) is 93.5 cm³/mol. The van der Waals surface area contributed by atoms with E-state index < -0.39 is 0 Å². The van der Waals surface area contributed by atoms with Gasteiger partial charge in [-0.3, -0.25) is 4.79 Å². The van der Waals surface area contributed by atoms with Crippen molar-refractivity contribution in [2.45, 2.75) is 24.8 Å². The molecule has 0 bridgehead atoms. The van der Waals surface area contributed by atoms with Gasteiger partial charge in [0, 0.05) is 11.2 Å². The number of thioether (sulfide) groups is 1. The minimum Gasteiger partial charge on any atom is -0.355 e. The van der Waals surface area contributed by atoms with Crippen LogP contribution in [0.4, 0.5) is 4.39 Å². The number of carbonyl (C=O) groups excluding carboxylic acids is 1. The fraction of sp³-hybridized carbons (Fsp3) is 0.312. The number of rotatable bonds is 6. The Morgan fingerprint density at radius 3 is 3.09 bits per heavy atom. The number of aromatic nitrogens is 2. The number of hydrogen-bond donors (Lipinski definition) is 1. The van der Waals surface area contributed by atoms with Crippen LogP contribution in [0, 0.1) is 5.82 Å². The van der Waals surface area contributed by atoms with Crippen molar-refractivity contribution < 1.29 is 9.18 Å². The summed E-state index contributed by atoms with van der Waals surface area (Å²) in [6.07, 6.45) is 3.45. The molecule has 1 amide bonds. The summed E-state index contributed by atoms with van der Waals surface area (Å²) >= 11 is 2.82. The van der Waals surface area contributed by atoms with E-state index in [1.807, 2.05) is 6.07 Å². The molecule has 1 N–H and O–H groups in total. The van der Waals surface area contributed by atoms with Crippen molar-refractivity contribution in [3.63, 3.8) is 0 Å². The fourth-order valence-corrected chi connectivity index (χ4v) is 4.32. The first-order valence-electron chi connectivity index (χ1n) is 7.42. The number of nitrogens with one attached hydrogen (secondary N) is 1. The molecule has 3 rings (SSSR count). The number of benzene rings is 1. The molecule has 3 aromatic rings. The van der Waals surface area contributed by atoms with Gasteiger partial charge in [-0.05, 0) is 18.6 Å². The minimum absolute atomic E-state index is 0.0116. The summed E-state index contributed by atoms with van der Waals surface area (Å²) in [6.45, 7) is 2.78. The highest BCUT2D eigenvalue weighted by atomic mass is 32.2. The van der Waals surface area contributed by atoms with Gasteiger partial charge in [0.15, 0.2) is 0 Å². The van der Waals surface area contributed by atoms with Crippen LogP contribution in [0.5, 0.6) is 0 Å². The Morgan fingerprint density at radius 1 is 1.39 bits per heavy atom. The Labute approximate surface area is 141 Å². The molecule has 23 heavy (non-hydrogen) atoms. The van der Waals surface area contributed by atoms with Crippen LogP contribution in [0.1, 0.15) is 19.8 Å². The molecule has 0 aliphatic carbocycles. The SMILES string of the molecule is CCCCNC(=O)CSc1ncnc2c1sc1cccc(F)c12. The summed E-state index contributed by atoms with van der Waals surface area (Å²) in [6, 6.07) is 5.00. The molecule has 7 heteroatoms. The second kappa shape index (κ2) is 7.23. The van der Waals surface area contributed by atoms with E-state index in [4.69, 9.17) is 0 Å². The molecule has 120 valence electrons. The largest absolute Gasteiger partial charge is 0.355 e. The van der Waals surface area contributed by atoms with E-state index in [0.717, 1.165) is 27.3 Å². The van der Waals surface area contributed by atoms with Crippen molar-refractivity contribution >= 4 is 49.3 Å². The second-order valence-corrected chi connectivity index (χ2v) is 7.08. The molecular weight excluding hydrogens is 333 g/mol. The van der Waals surface area contributed by atoms with Gasteiger partial charge in [0.1, 0.15) is 17.2 Å². The number of unbranched alkanes of at least 4 members (excludes halogenated alkanes) is 1. The number of halogens is 1. The van der Waals surface area contributed by atoms with Crippen molar-refractivity contribution in [3.05, 3.63) is 30.3 Å². The Balaban J connectivity index is 1.83. The number of hydrogen-bond acceptors (Lipinski definition) is 5. The predicted octanol–water partition coefficient (Wildman–Crippen LogP) is 3.99. The average molecular weight is 349 g/mol. The van der Waals surface area contributed by atoms with Gasteiger partial charge in [-0.25, -0.2) is 14.4 Å². The molecule has 1 aromatic carbocycles. The van der Waals surface area contributed by atoms with E-state index in [9.17, 15) is 9.18 Å². The second-order valence-electron chi connectivity index (χ2n) is 5.06. The van der Waals surface area contributed by atoms with Gasteiger partial charge in [0.2, 0.25) is 5.91 Å². The lowest BCUT2D eigenvalue weighted by atomic mass is 10.2.